The number of esters is 1. The summed E-state index contributed by atoms with van der Waals surface area (Å²) in [6.45, 7) is 4.85. The molecule has 1 aliphatic carbocycles. The molecule has 164 valence electrons. The standard InChI is InChI=1S/C26H26N2O4/c1-3-30-24(26(29)31-4-2)16-18-7-9-19(10-8-18)32-15-12-22-23-17-27-14-11-20(23)21-6-5-13-28-25(21)22/h5-14,17,24H,3-4,15-16H2,1-2H3. The number of benzene rings is 1. The number of aromatic nitrogens is 2. The molecule has 0 amide bonds. The third-order valence-electron chi connectivity index (χ3n) is 5.26. The summed E-state index contributed by atoms with van der Waals surface area (Å²) in [7, 11) is 0. The first-order valence-electron chi connectivity index (χ1n) is 10.8. The van der Waals surface area contributed by atoms with Gasteiger partial charge in [0.15, 0.2) is 6.10 Å². The van der Waals surface area contributed by atoms with Gasteiger partial charge >= 0.3 is 5.97 Å². The summed E-state index contributed by atoms with van der Waals surface area (Å²) < 4.78 is 16.6. The first-order chi connectivity index (χ1) is 15.7. The van der Waals surface area contributed by atoms with E-state index in [1.165, 1.54) is 0 Å². The van der Waals surface area contributed by atoms with Crippen LogP contribution in [0, 0.1) is 0 Å². The molecule has 0 saturated heterocycles. The lowest BCUT2D eigenvalue weighted by molar-refractivity contribution is -0.156. The van der Waals surface area contributed by atoms with Gasteiger partial charge in [-0.05, 0) is 55.3 Å². The van der Waals surface area contributed by atoms with Crippen molar-refractivity contribution in [3.63, 3.8) is 0 Å². The Kier molecular flexibility index (Phi) is 6.92. The van der Waals surface area contributed by atoms with Gasteiger partial charge in [0, 0.05) is 48.3 Å². The normalized spacial score (nSPS) is 14.0. The smallest absolute Gasteiger partial charge is 0.335 e. The maximum absolute atomic E-state index is 12.1. The average molecular weight is 431 g/mol. The van der Waals surface area contributed by atoms with Gasteiger partial charge in [0.2, 0.25) is 0 Å². The molecule has 6 heteroatoms. The number of ether oxygens (including phenoxy) is 3. The van der Waals surface area contributed by atoms with E-state index in [-0.39, 0.29) is 5.97 Å². The highest BCUT2D eigenvalue weighted by atomic mass is 16.6. The number of nitrogens with zero attached hydrogens (tertiary/aromatic N) is 2. The van der Waals surface area contributed by atoms with Crippen molar-refractivity contribution in [2.45, 2.75) is 26.4 Å². The van der Waals surface area contributed by atoms with E-state index in [1.807, 2.05) is 55.6 Å². The lowest BCUT2D eigenvalue weighted by Gasteiger charge is -2.15. The number of fused-ring (bicyclic) bond motifs is 3. The van der Waals surface area contributed by atoms with Crippen LogP contribution < -0.4 is 4.74 Å². The van der Waals surface area contributed by atoms with Gasteiger partial charge in [0.25, 0.3) is 0 Å². The summed E-state index contributed by atoms with van der Waals surface area (Å²) in [6.07, 6.45) is 7.38. The van der Waals surface area contributed by atoms with E-state index in [4.69, 9.17) is 14.2 Å². The van der Waals surface area contributed by atoms with Gasteiger partial charge in [-0.25, -0.2) is 4.79 Å². The Labute approximate surface area is 187 Å². The van der Waals surface area contributed by atoms with Gasteiger partial charge in [0.1, 0.15) is 12.4 Å². The zero-order valence-corrected chi connectivity index (χ0v) is 18.3. The number of carbonyl (C=O) groups excluding carboxylic acids is 1. The Morgan fingerprint density at radius 3 is 2.62 bits per heavy atom. The second-order valence-electron chi connectivity index (χ2n) is 7.29. The van der Waals surface area contributed by atoms with Crippen LogP contribution in [0.5, 0.6) is 5.75 Å². The molecule has 0 bridgehead atoms. The molecule has 4 rings (SSSR count). The monoisotopic (exact) mass is 430 g/mol. The Morgan fingerprint density at radius 1 is 1.00 bits per heavy atom. The third kappa shape index (κ3) is 4.70. The summed E-state index contributed by atoms with van der Waals surface area (Å²) in [5.74, 6) is 0.418. The van der Waals surface area contributed by atoms with Crippen molar-refractivity contribution in [3.05, 3.63) is 84.0 Å². The minimum absolute atomic E-state index is 0.332. The molecule has 0 fully saturated rings. The van der Waals surface area contributed by atoms with E-state index in [9.17, 15) is 4.79 Å². The van der Waals surface area contributed by atoms with Gasteiger partial charge in [-0.15, -0.1) is 0 Å². The molecule has 1 aromatic carbocycles. The summed E-state index contributed by atoms with van der Waals surface area (Å²) in [4.78, 5) is 20.9. The molecule has 1 unspecified atom stereocenters. The molecule has 3 aromatic rings. The number of rotatable bonds is 9. The van der Waals surface area contributed by atoms with Crippen molar-refractivity contribution in [1.29, 1.82) is 0 Å². The molecule has 0 spiro atoms. The highest BCUT2D eigenvalue weighted by Gasteiger charge is 2.24. The maximum Gasteiger partial charge on any atom is 0.335 e. The fourth-order valence-corrected chi connectivity index (χ4v) is 3.82. The predicted molar refractivity (Wildman–Crippen MR) is 122 cm³/mol. The van der Waals surface area contributed by atoms with E-state index in [0.29, 0.717) is 26.2 Å². The Bertz CT molecular complexity index is 1060. The first-order valence-corrected chi connectivity index (χ1v) is 10.8. The number of hydrogen-bond acceptors (Lipinski definition) is 6. The van der Waals surface area contributed by atoms with E-state index in [2.05, 4.69) is 16.0 Å². The van der Waals surface area contributed by atoms with Crippen LogP contribution in [0.25, 0.3) is 16.7 Å². The van der Waals surface area contributed by atoms with Gasteiger partial charge < -0.3 is 14.2 Å². The van der Waals surface area contributed by atoms with Gasteiger partial charge in [0.05, 0.1) is 12.3 Å². The molecule has 1 aliphatic rings. The van der Waals surface area contributed by atoms with Crippen molar-refractivity contribution in [2.75, 3.05) is 19.8 Å². The molecule has 0 aliphatic heterocycles. The second-order valence-corrected chi connectivity index (χ2v) is 7.29. The lowest BCUT2D eigenvalue weighted by atomic mass is 10.1. The minimum Gasteiger partial charge on any atom is -0.490 e. The molecule has 6 nitrogen and oxygen atoms in total. The predicted octanol–water partition coefficient (Wildman–Crippen LogP) is 4.48. The molecule has 2 aromatic heterocycles. The number of carbonyl (C=O) groups is 1. The average Bonchev–Trinajstić information content (AvgIpc) is 3.14. The van der Waals surface area contributed by atoms with E-state index < -0.39 is 6.10 Å². The van der Waals surface area contributed by atoms with Crippen molar-refractivity contribution in [3.8, 4) is 16.9 Å². The molecule has 0 saturated carbocycles. The highest BCUT2D eigenvalue weighted by molar-refractivity contribution is 5.99. The van der Waals surface area contributed by atoms with Crippen molar-refractivity contribution >= 4 is 11.5 Å². The third-order valence-corrected chi connectivity index (χ3v) is 5.26. The van der Waals surface area contributed by atoms with Crippen molar-refractivity contribution in [2.24, 2.45) is 0 Å². The number of pyridine rings is 2. The van der Waals surface area contributed by atoms with Gasteiger partial charge in [-0.2, -0.15) is 0 Å². The van der Waals surface area contributed by atoms with Crippen LogP contribution in [0.1, 0.15) is 30.7 Å². The molecule has 1 atom stereocenters. The van der Waals surface area contributed by atoms with Gasteiger partial charge in [-0.1, -0.05) is 18.2 Å². The van der Waals surface area contributed by atoms with E-state index in [1.54, 1.807) is 19.3 Å². The molecule has 2 heterocycles. The fraction of sp³-hybridized carbons (Fsp3) is 0.269. The van der Waals surface area contributed by atoms with Crippen LogP contribution in [0.4, 0.5) is 0 Å². The van der Waals surface area contributed by atoms with Crippen LogP contribution in [0.3, 0.4) is 0 Å². The topological polar surface area (TPSA) is 70.5 Å². The van der Waals surface area contributed by atoms with Crippen LogP contribution in [-0.4, -0.2) is 41.9 Å². The maximum atomic E-state index is 12.1. The van der Waals surface area contributed by atoms with E-state index >= 15 is 0 Å². The fourth-order valence-electron chi connectivity index (χ4n) is 3.82. The Morgan fingerprint density at radius 2 is 1.84 bits per heavy atom. The minimum atomic E-state index is -0.597. The van der Waals surface area contributed by atoms with Gasteiger partial charge in [-0.3, -0.25) is 9.97 Å². The summed E-state index contributed by atoms with van der Waals surface area (Å²) in [5.41, 5.74) is 6.30. The molecular formula is C26H26N2O4. The molecular weight excluding hydrogens is 404 g/mol. The largest absolute Gasteiger partial charge is 0.490 e. The summed E-state index contributed by atoms with van der Waals surface area (Å²) in [5, 5.41) is 0. The molecule has 0 radical (unpaired) electrons. The Hall–Kier alpha value is -3.51. The highest BCUT2D eigenvalue weighted by Crippen LogP contribution is 2.42. The zero-order valence-electron chi connectivity index (χ0n) is 18.3. The van der Waals surface area contributed by atoms with Crippen LogP contribution in [0.2, 0.25) is 0 Å². The Balaban J connectivity index is 1.42. The zero-order chi connectivity index (χ0) is 22.3. The van der Waals surface area contributed by atoms with E-state index in [0.717, 1.165) is 39.3 Å². The lowest BCUT2D eigenvalue weighted by Crippen LogP contribution is -2.28. The summed E-state index contributed by atoms with van der Waals surface area (Å²) in [6, 6.07) is 13.7. The first kappa shape index (κ1) is 21.7. The van der Waals surface area contributed by atoms with Crippen molar-refractivity contribution in [1.82, 2.24) is 9.97 Å². The molecule has 0 N–H and O–H groups in total. The summed E-state index contributed by atoms with van der Waals surface area (Å²) >= 11 is 0. The van der Waals surface area contributed by atoms with Crippen molar-refractivity contribution < 1.29 is 19.0 Å². The van der Waals surface area contributed by atoms with Crippen LogP contribution >= 0.6 is 0 Å². The van der Waals surface area contributed by atoms with Crippen LogP contribution in [0.15, 0.2) is 67.1 Å². The molecule has 32 heavy (non-hydrogen) atoms. The number of hydrogen-bond donors (Lipinski definition) is 0. The second kappa shape index (κ2) is 10.2. The SMILES string of the molecule is CCOC(=O)C(Cc1ccc(OCC=C2c3cnccc3-c3cccnc32)cc1)OCC. The van der Waals surface area contributed by atoms with Crippen LogP contribution in [-0.2, 0) is 20.7 Å². The quantitative estimate of drug-likeness (QED) is 0.365.